The Morgan fingerprint density at radius 3 is 2.70 bits per heavy atom. The summed E-state index contributed by atoms with van der Waals surface area (Å²) in [6, 6.07) is 6.11. The molecule has 0 aliphatic heterocycles. The molecule has 1 atom stereocenters. The van der Waals surface area contributed by atoms with Crippen LogP contribution in [-0.4, -0.2) is 43.6 Å². The Morgan fingerprint density at radius 2 is 2.05 bits per heavy atom. The van der Waals surface area contributed by atoms with Crippen molar-refractivity contribution in [3.63, 3.8) is 0 Å². The second-order valence-corrected chi connectivity index (χ2v) is 6.61. The number of nitrogens with one attached hydrogen (secondary N) is 1. The van der Waals surface area contributed by atoms with Gasteiger partial charge in [-0.15, -0.1) is 0 Å². The highest BCUT2D eigenvalue weighted by Gasteiger charge is 2.16. The van der Waals surface area contributed by atoms with Crippen LogP contribution >= 0.6 is 35.0 Å². The van der Waals surface area contributed by atoms with E-state index in [1.54, 1.807) is 0 Å². The lowest BCUT2D eigenvalue weighted by Gasteiger charge is -2.23. The zero-order chi connectivity index (χ0) is 15.0. The summed E-state index contributed by atoms with van der Waals surface area (Å²) in [6.45, 7) is 5.19. The minimum atomic E-state index is 0.253. The van der Waals surface area contributed by atoms with E-state index < -0.39 is 0 Å². The molecule has 1 rings (SSSR count). The second kappa shape index (κ2) is 9.91. The molecule has 0 spiro atoms. The van der Waals surface area contributed by atoms with Crippen LogP contribution < -0.4 is 5.32 Å². The lowest BCUT2D eigenvalue weighted by atomic mass is 10.0. The first-order chi connectivity index (χ1) is 9.60. The second-order valence-electron chi connectivity index (χ2n) is 4.84. The number of rotatable bonds is 9. The van der Waals surface area contributed by atoms with E-state index in [9.17, 15) is 0 Å². The van der Waals surface area contributed by atoms with Crippen LogP contribution in [0.5, 0.6) is 0 Å². The van der Waals surface area contributed by atoms with Gasteiger partial charge >= 0.3 is 0 Å². The molecule has 2 nitrogen and oxygen atoms in total. The molecule has 1 aromatic rings. The van der Waals surface area contributed by atoms with Crippen molar-refractivity contribution in [2.75, 3.05) is 38.7 Å². The van der Waals surface area contributed by atoms with Crippen LogP contribution in [0, 0.1) is 0 Å². The molecular formula is C15H24Cl2N2S. The van der Waals surface area contributed by atoms with Crippen LogP contribution in [0.25, 0.3) is 0 Å². The number of thioether (sulfide) groups is 1. The van der Waals surface area contributed by atoms with Crippen LogP contribution in [0.2, 0.25) is 10.0 Å². The molecular weight excluding hydrogens is 311 g/mol. The van der Waals surface area contributed by atoms with Crippen molar-refractivity contribution < 1.29 is 0 Å². The summed E-state index contributed by atoms with van der Waals surface area (Å²) in [7, 11) is 2.17. The highest BCUT2D eigenvalue weighted by molar-refractivity contribution is 7.98. The van der Waals surface area contributed by atoms with Crippen LogP contribution in [0.15, 0.2) is 18.2 Å². The summed E-state index contributed by atoms with van der Waals surface area (Å²) < 4.78 is 0. The average molecular weight is 335 g/mol. The van der Waals surface area contributed by atoms with E-state index in [2.05, 4.69) is 36.5 Å². The van der Waals surface area contributed by atoms with Gasteiger partial charge in [-0.1, -0.05) is 42.3 Å². The SMILES string of the molecule is CCNC(CCN(C)CCSC)c1cccc(Cl)c1Cl. The molecule has 0 aromatic heterocycles. The van der Waals surface area contributed by atoms with E-state index >= 15 is 0 Å². The monoisotopic (exact) mass is 334 g/mol. The molecule has 0 fully saturated rings. The summed E-state index contributed by atoms with van der Waals surface area (Å²) in [4.78, 5) is 2.36. The average Bonchev–Trinajstić information content (AvgIpc) is 2.44. The summed E-state index contributed by atoms with van der Waals surface area (Å²) in [5, 5.41) is 4.80. The molecule has 1 aromatic carbocycles. The molecule has 0 aliphatic rings. The van der Waals surface area contributed by atoms with Gasteiger partial charge in [-0.25, -0.2) is 0 Å². The van der Waals surface area contributed by atoms with Gasteiger partial charge < -0.3 is 10.2 Å². The van der Waals surface area contributed by atoms with Crippen molar-refractivity contribution in [3.8, 4) is 0 Å². The van der Waals surface area contributed by atoms with E-state index in [0.717, 1.165) is 31.6 Å². The molecule has 1 N–H and O–H groups in total. The van der Waals surface area contributed by atoms with Gasteiger partial charge in [0.1, 0.15) is 0 Å². The van der Waals surface area contributed by atoms with Gasteiger partial charge in [-0.2, -0.15) is 11.8 Å². The molecule has 0 amide bonds. The topological polar surface area (TPSA) is 15.3 Å². The number of hydrogen-bond donors (Lipinski definition) is 1. The number of nitrogens with zero attached hydrogens (tertiary/aromatic N) is 1. The van der Waals surface area contributed by atoms with Gasteiger partial charge in [0.15, 0.2) is 0 Å². The van der Waals surface area contributed by atoms with Gasteiger partial charge in [-0.05, 0) is 44.4 Å². The van der Waals surface area contributed by atoms with Crippen molar-refractivity contribution in [1.82, 2.24) is 10.2 Å². The van der Waals surface area contributed by atoms with Gasteiger partial charge in [-0.3, -0.25) is 0 Å². The third-order valence-corrected chi connectivity index (χ3v) is 4.71. The van der Waals surface area contributed by atoms with Crippen molar-refractivity contribution >= 4 is 35.0 Å². The predicted octanol–water partition coefficient (Wildman–Crippen LogP) is 4.33. The lowest BCUT2D eigenvalue weighted by molar-refractivity contribution is 0.325. The zero-order valence-corrected chi connectivity index (χ0v) is 14.8. The summed E-state index contributed by atoms with van der Waals surface area (Å²) in [6.07, 6.45) is 3.17. The first-order valence-corrected chi connectivity index (χ1v) is 9.09. The highest BCUT2D eigenvalue weighted by atomic mass is 35.5. The van der Waals surface area contributed by atoms with E-state index in [-0.39, 0.29) is 6.04 Å². The molecule has 0 radical (unpaired) electrons. The molecule has 0 saturated heterocycles. The Bertz CT molecular complexity index is 401. The van der Waals surface area contributed by atoms with E-state index in [0.29, 0.717) is 10.0 Å². The number of benzene rings is 1. The molecule has 0 bridgehead atoms. The largest absolute Gasteiger partial charge is 0.310 e. The maximum atomic E-state index is 6.33. The van der Waals surface area contributed by atoms with Crippen molar-refractivity contribution in [1.29, 1.82) is 0 Å². The first kappa shape index (κ1) is 18.1. The van der Waals surface area contributed by atoms with Gasteiger partial charge in [0.25, 0.3) is 0 Å². The fraction of sp³-hybridized carbons (Fsp3) is 0.600. The van der Waals surface area contributed by atoms with Crippen molar-refractivity contribution in [2.45, 2.75) is 19.4 Å². The number of halogens is 2. The molecule has 0 aliphatic carbocycles. The van der Waals surface area contributed by atoms with E-state index in [1.165, 1.54) is 5.75 Å². The van der Waals surface area contributed by atoms with Crippen molar-refractivity contribution in [3.05, 3.63) is 33.8 Å². The quantitative estimate of drug-likeness (QED) is 0.723. The Kier molecular flexibility index (Phi) is 8.98. The van der Waals surface area contributed by atoms with Crippen LogP contribution in [0.4, 0.5) is 0 Å². The van der Waals surface area contributed by atoms with Crippen LogP contribution in [0.1, 0.15) is 24.9 Å². The molecule has 1 unspecified atom stereocenters. The maximum Gasteiger partial charge on any atom is 0.0640 e. The Labute approximate surface area is 137 Å². The predicted molar refractivity (Wildman–Crippen MR) is 93.4 cm³/mol. The maximum absolute atomic E-state index is 6.33. The summed E-state index contributed by atoms with van der Waals surface area (Å²) in [5.41, 5.74) is 1.10. The normalized spacial score (nSPS) is 12.9. The molecule has 114 valence electrons. The van der Waals surface area contributed by atoms with E-state index in [1.807, 2.05) is 23.9 Å². The van der Waals surface area contributed by atoms with Crippen molar-refractivity contribution in [2.24, 2.45) is 0 Å². The third-order valence-electron chi connectivity index (χ3n) is 3.28. The Morgan fingerprint density at radius 1 is 1.30 bits per heavy atom. The fourth-order valence-electron chi connectivity index (χ4n) is 2.11. The van der Waals surface area contributed by atoms with E-state index in [4.69, 9.17) is 23.2 Å². The molecule has 5 heteroatoms. The lowest BCUT2D eigenvalue weighted by Crippen LogP contribution is -2.28. The minimum absolute atomic E-state index is 0.253. The Balaban J connectivity index is 2.66. The van der Waals surface area contributed by atoms with Gasteiger partial charge in [0.05, 0.1) is 10.0 Å². The fourth-order valence-corrected chi connectivity index (χ4v) is 3.05. The number of hydrogen-bond acceptors (Lipinski definition) is 3. The smallest absolute Gasteiger partial charge is 0.0640 e. The first-order valence-electron chi connectivity index (χ1n) is 6.94. The third kappa shape index (κ3) is 5.82. The van der Waals surface area contributed by atoms with Crippen LogP contribution in [-0.2, 0) is 0 Å². The standard InChI is InChI=1S/C15H24Cl2N2S/c1-4-18-14(8-9-19(2)10-11-20-3)12-6-5-7-13(16)15(12)17/h5-7,14,18H,4,8-11H2,1-3H3. The van der Waals surface area contributed by atoms with Crippen LogP contribution in [0.3, 0.4) is 0 Å². The summed E-state index contributed by atoms with van der Waals surface area (Å²) >= 11 is 14.3. The van der Waals surface area contributed by atoms with Gasteiger partial charge in [0, 0.05) is 18.3 Å². The molecule has 0 heterocycles. The minimum Gasteiger partial charge on any atom is -0.310 e. The van der Waals surface area contributed by atoms with Gasteiger partial charge in [0.2, 0.25) is 0 Å². The molecule has 20 heavy (non-hydrogen) atoms. The Hall–Kier alpha value is 0.0700. The molecule has 0 saturated carbocycles. The zero-order valence-electron chi connectivity index (χ0n) is 12.5. The highest BCUT2D eigenvalue weighted by Crippen LogP contribution is 2.31. The summed E-state index contributed by atoms with van der Waals surface area (Å²) in [5.74, 6) is 1.17.